The van der Waals surface area contributed by atoms with Crippen LogP contribution in [0.3, 0.4) is 0 Å². The van der Waals surface area contributed by atoms with E-state index in [-0.39, 0.29) is 5.91 Å². The third kappa shape index (κ3) is 3.85. The average Bonchev–Trinajstić information content (AvgIpc) is 2.93. The highest BCUT2D eigenvalue weighted by Crippen LogP contribution is 2.16. The molecule has 0 fully saturated rings. The summed E-state index contributed by atoms with van der Waals surface area (Å²) in [6.07, 6.45) is 3.19. The van der Waals surface area contributed by atoms with Gasteiger partial charge in [-0.05, 0) is 36.6 Å². The Kier molecular flexibility index (Phi) is 4.99. The molecule has 2 aromatic rings. The van der Waals surface area contributed by atoms with E-state index in [2.05, 4.69) is 24.9 Å². The second-order valence-corrected chi connectivity index (χ2v) is 5.66. The van der Waals surface area contributed by atoms with Crippen molar-refractivity contribution in [1.82, 2.24) is 9.88 Å². The minimum atomic E-state index is 0.00833. The van der Waals surface area contributed by atoms with Crippen LogP contribution in [0.2, 0.25) is 0 Å². The second kappa shape index (κ2) is 6.94. The molecule has 0 atom stereocenters. The zero-order valence-corrected chi connectivity index (χ0v) is 12.6. The quantitative estimate of drug-likeness (QED) is 0.881. The van der Waals surface area contributed by atoms with Gasteiger partial charge in [0.05, 0.1) is 12.5 Å². The zero-order valence-electron chi connectivity index (χ0n) is 12.6. The van der Waals surface area contributed by atoms with E-state index in [4.69, 9.17) is 5.26 Å². The highest BCUT2D eigenvalue weighted by molar-refractivity contribution is 5.98. The average molecular weight is 283 g/mol. The van der Waals surface area contributed by atoms with Gasteiger partial charge >= 0.3 is 0 Å². The molecule has 0 radical (unpaired) electrons. The third-order valence-corrected chi connectivity index (χ3v) is 3.56. The molecule has 0 aliphatic rings. The first-order chi connectivity index (χ1) is 10.1. The largest absolute Gasteiger partial charge is 0.361 e. The summed E-state index contributed by atoms with van der Waals surface area (Å²) in [5.41, 5.74) is 1.71. The van der Waals surface area contributed by atoms with Crippen molar-refractivity contribution in [3.8, 4) is 6.07 Å². The van der Waals surface area contributed by atoms with Crippen LogP contribution >= 0.6 is 0 Å². The first-order valence-corrected chi connectivity index (χ1v) is 7.35. The summed E-state index contributed by atoms with van der Waals surface area (Å²) < 4.78 is 0. The fraction of sp³-hybridized carbons (Fsp3) is 0.412. The van der Waals surface area contributed by atoms with Crippen LogP contribution in [0.15, 0.2) is 30.5 Å². The number of aromatic amines is 1. The van der Waals surface area contributed by atoms with Crippen molar-refractivity contribution in [2.75, 3.05) is 13.1 Å². The van der Waals surface area contributed by atoms with Crippen LogP contribution in [0.4, 0.5) is 0 Å². The summed E-state index contributed by atoms with van der Waals surface area (Å²) in [7, 11) is 0. The Morgan fingerprint density at radius 2 is 2.14 bits per heavy atom. The van der Waals surface area contributed by atoms with E-state index >= 15 is 0 Å². The number of H-pyrrole nitrogens is 1. The van der Waals surface area contributed by atoms with Crippen molar-refractivity contribution in [2.24, 2.45) is 5.92 Å². The van der Waals surface area contributed by atoms with Crippen molar-refractivity contribution < 1.29 is 4.79 Å². The molecule has 0 saturated heterocycles. The molecule has 1 N–H and O–H groups in total. The van der Waals surface area contributed by atoms with Crippen LogP contribution in [0.1, 0.15) is 37.0 Å². The number of amides is 1. The molecule has 0 saturated carbocycles. The van der Waals surface area contributed by atoms with Crippen LogP contribution in [0, 0.1) is 17.2 Å². The van der Waals surface area contributed by atoms with Crippen molar-refractivity contribution in [1.29, 1.82) is 5.26 Å². The fourth-order valence-corrected chi connectivity index (χ4v) is 2.28. The number of carbonyl (C=O) groups excluding carboxylic acids is 1. The Labute approximate surface area is 125 Å². The summed E-state index contributed by atoms with van der Waals surface area (Å²) in [6, 6.07) is 9.75. The summed E-state index contributed by atoms with van der Waals surface area (Å²) in [4.78, 5) is 17.5. The number of nitrogens with zero attached hydrogens (tertiary/aromatic N) is 2. The lowest BCUT2D eigenvalue weighted by Gasteiger charge is -2.22. The molecule has 1 aromatic heterocycles. The topological polar surface area (TPSA) is 59.9 Å². The van der Waals surface area contributed by atoms with E-state index in [0.717, 1.165) is 17.3 Å². The maximum atomic E-state index is 12.6. The highest BCUT2D eigenvalue weighted by atomic mass is 16.2. The van der Waals surface area contributed by atoms with E-state index in [1.54, 1.807) is 4.90 Å². The molecule has 4 nitrogen and oxygen atoms in total. The van der Waals surface area contributed by atoms with Crippen molar-refractivity contribution in [3.63, 3.8) is 0 Å². The molecular formula is C17H21N3O. The highest BCUT2D eigenvalue weighted by Gasteiger charge is 2.16. The smallest absolute Gasteiger partial charge is 0.253 e. The van der Waals surface area contributed by atoms with Gasteiger partial charge in [0.15, 0.2) is 0 Å². The fourth-order valence-electron chi connectivity index (χ4n) is 2.28. The number of nitriles is 1. The van der Waals surface area contributed by atoms with Gasteiger partial charge in [-0.3, -0.25) is 4.79 Å². The van der Waals surface area contributed by atoms with Gasteiger partial charge in [0.1, 0.15) is 0 Å². The molecule has 1 aromatic carbocycles. The molecule has 0 unspecified atom stereocenters. The molecule has 4 heteroatoms. The molecule has 0 aliphatic carbocycles. The minimum Gasteiger partial charge on any atom is -0.361 e. The third-order valence-electron chi connectivity index (χ3n) is 3.56. The number of hydrogen-bond acceptors (Lipinski definition) is 2. The van der Waals surface area contributed by atoms with Gasteiger partial charge in [0.2, 0.25) is 0 Å². The first-order valence-electron chi connectivity index (χ1n) is 7.35. The molecule has 0 aliphatic heterocycles. The Morgan fingerprint density at radius 1 is 1.33 bits per heavy atom. The second-order valence-electron chi connectivity index (χ2n) is 5.66. The lowest BCUT2D eigenvalue weighted by Crippen LogP contribution is -2.33. The molecule has 1 amide bonds. The van der Waals surface area contributed by atoms with Crippen molar-refractivity contribution >= 4 is 16.8 Å². The summed E-state index contributed by atoms with van der Waals surface area (Å²) in [5.74, 6) is 0.545. The van der Waals surface area contributed by atoms with Gasteiger partial charge in [-0.2, -0.15) is 5.26 Å². The normalized spacial score (nSPS) is 10.8. The van der Waals surface area contributed by atoms with Crippen LogP contribution < -0.4 is 0 Å². The Morgan fingerprint density at radius 3 is 2.86 bits per heavy atom. The number of rotatable bonds is 6. The maximum absolute atomic E-state index is 12.6. The minimum absolute atomic E-state index is 0.00833. The molecule has 21 heavy (non-hydrogen) atoms. The maximum Gasteiger partial charge on any atom is 0.253 e. The first kappa shape index (κ1) is 15.1. The van der Waals surface area contributed by atoms with Gasteiger partial charge in [-0.15, -0.1) is 0 Å². The van der Waals surface area contributed by atoms with Gasteiger partial charge in [-0.25, -0.2) is 0 Å². The van der Waals surface area contributed by atoms with E-state index in [1.807, 2.05) is 30.5 Å². The number of nitrogens with one attached hydrogen (secondary N) is 1. The van der Waals surface area contributed by atoms with Crippen LogP contribution in [0.5, 0.6) is 0 Å². The Bertz CT molecular complexity index is 651. The molecule has 0 spiro atoms. The van der Waals surface area contributed by atoms with Gasteiger partial charge < -0.3 is 9.88 Å². The lowest BCUT2D eigenvalue weighted by molar-refractivity contribution is 0.0752. The number of carbonyl (C=O) groups is 1. The van der Waals surface area contributed by atoms with E-state index in [1.165, 1.54) is 0 Å². The molecular weight excluding hydrogens is 262 g/mol. The summed E-state index contributed by atoms with van der Waals surface area (Å²) in [5, 5.41) is 9.80. The number of aromatic nitrogens is 1. The van der Waals surface area contributed by atoms with Crippen LogP contribution in [-0.2, 0) is 0 Å². The predicted octanol–water partition coefficient (Wildman–Crippen LogP) is 3.57. The zero-order chi connectivity index (χ0) is 15.2. The van der Waals surface area contributed by atoms with E-state index in [9.17, 15) is 4.79 Å². The molecule has 0 bridgehead atoms. The molecule has 2 rings (SSSR count). The SMILES string of the molecule is CC(C)CCN(CCC#N)C(=O)c1ccc2[nH]ccc2c1. The standard InChI is InChI=1S/C17H21N3O/c1-13(2)7-11-20(10-3-8-18)17(21)15-4-5-16-14(12-15)6-9-19-16/h4-6,9,12-13,19H,3,7,10-11H2,1-2H3. The van der Waals surface area contributed by atoms with Gasteiger partial charge in [0.25, 0.3) is 5.91 Å². The Balaban J connectivity index is 2.16. The monoisotopic (exact) mass is 283 g/mol. The summed E-state index contributed by atoms with van der Waals surface area (Å²) >= 11 is 0. The summed E-state index contributed by atoms with van der Waals surface area (Å²) in [6.45, 7) is 5.47. The molecule has 1 heterocycles. The van der Waals surface area contributed by atoms with Gasteiger partial charge in [0, 0.05) is 35.8 Å². The van der Waals surface area contributed by atoms with E-state index < -0.39 is 0 Å². The number of benzene rings is 1. The predicted molar refractivity (Wildman–Crippen MR) is 83.9 cm³/mol. The van der Waals surface area contributed by atoms with Crippen LogP contribution in [-0.4, -0.2) is 28.9 Å². The van der Waals surface area contributed by atoms with Crippen molar-refractivity contribution in [3.05, 3.63) is 36.0 Å². The molecule has 110 valence electrons. The van der Waals surface area contributed by atoms with E-state index in [0.29, 0.717) is 31.0 Å². The lowest BCUT2D eigenvalue weighted by atomic mass is 10.1. The number of fused-ring (bicyclic) bond motifs is 1. The van der Waals surface area contributed by atoms with Crippen molar-refractivity contribution in [2.45, 2.75) is 26.7 Å². The van der Waals surface area contributed by atoms with Gasteiger partial charge in [-0.1, -0.05) is 13.8 Å². The number of hydrogen-bond donors (Lipinski definition) is 1. The van der Waals surface area contributed by atoms with Crippen LogP contribution in [0.25, 0.3) is 10.9 Å². The Hall–Kier alpha value is -2.28.